The molecule has 2 unspecified atom stereocenters. The van der Waals surface area contributed by atoms with Crippen molar-refractivity contribution in [3.63, 3.8) is 0 Å². The van der Waals surface area contributed by atoms with Crippen LogP contribution in [0.5, 0.6) is 0 Å². The van der Waals surface area contributed by atoms with Crippen molar-refractivity contribution in [2.45, 2.75) is 24.3 Å². The quantitative estimate of drug-likeness (QED) is 0.729. The van der Waals surface area contributed by atoms with Gasteiger partial charge in [0.1, 0.15) is 5.25 Å². The molecule has 0 fully saturated rings. The normalized spacial score (nSPS) is 13.4. The zero-order valence-electron chi connectivity index (χ0n) is 11.3. The van der Waals surface area contributed by atoms with E-state index in [9.17, 15) is 9.59 Å². The summed E-state index contributed by atoms with van der Waals surface area (Å²) in [7, 11) is 1.34. The van der Waals surface area contributed by atoms with E-state index in [1.807, 2.05) is 12.1 Å². The highest BCUT2D eigenvalue weighted by Crippen LogP contribution is 2.27. The minimum atomic E-state index is -0.380. The first-order valence-corrected chi connectivity index (χ1v) is 8.37. The maximum absolute atomic E-state index is 12.1. The molecule has 7 heteroatoms. The van der Waals surface area contributed by atoms with Crippen LogP contribution < -0.4 is 5.32 Å². The summed E-state index contributed by atoms with van der Waals surface area (Å²) in [5.74, 6) is -0.492. The van der Waals surface area contributed by atoms with E-state index in [1.54, 1.807) is 19.9 Å². The van der Waals surface area contributed by atoms with Crippen molar-refractivity contribution < 1.29 is 14.3 Å². The number of nitrogens with one attached hydrogen (secondary N) is 1. The number of rotatable bonds is 5. The molecule has 0 saturated heterocycles. The zero-order valence-corrected chi connectivity index (χ0v) is 15.3. The summed E-state index contributed by atoms with van der Waals surface area (Å²) in [6, 6.07) is 5.49. The van der Waals surface area contributed by atoms with E-state index in [0.717, 1.165) is 8.95 Å². The Balaban J connectivity index is 2.64. The number of amides is 1. The van der Waals surface area contributed by atoms with Gasteiger partial charge in [-0.15, -0.1) is 11.8 Å². The summed E-state index contributed by atoms with van der Waals surface area (Å²) >= 11 is 7.99. The SMILES string of the molecule is COC(=O)C(C)SC(C)C(=O)Nc1ccc(Br)cc1Br. The van der Waals surface area contributed by atoms with Gasteiger partial charge < -0.3 is 10.1 Å². The van der Waals surface area contributed by atoms with Gasteiger partial charge in [0.05, 0.1) is 18.0 Å². The standard InChI is InChI=1S/C13H15Br2NO3S/c1-7(20-8(2)13(18)19-3)12(17)16-11-5-4-9(14)6-10(11)15/h4-8H,1-3H3,(H,16,17). The minimum Gasteiger partial charge on any atom is -0.468 e. The molecule has 1 aromatic carbocycles. The number of carbonyl (C=O) groups excluding carboxylic acids is 2. The predicted octanol–water partition coefficient (Wildman–Crippen LogP) is 3.83. The summed E-state index contributed by atoms with van der Waals surface area (Å²) in [6.45, 7) is 3.47. The first kappa shape index (κ1) is 17.5. The molecule has 0 bridgehead atoms. The molecule has 110 valence electrons. The molecule has 0 radical (unpaired) electrons. The molecule has 1 rings (SSSR count). The average Bonchev–Trinajstić information content (AvgIpc) is 2.40. The van der Waals surface area contributed by atoms with E-state index < -0.39 is 0 Å². The molecule has 0 aliphatic heterocycles. The molecule has 0 spiro atoms. The first-order chi connectivity index (χ1) is 9.35. The van der Waals surface area contributed by atoms with Gasteiger partial charge in [0.15, 0.2) is 0 Å². The van der Waals surface area contributed by atoms with Crippen LogP contribution in [0.25, 0.3) is 0 Å². The van der Waals surface area contributed by atoms with E-state index >= 15 is 0 Å². The Morgan fingerprint density at radius 2 is 1.90 bits per heavy atom. The van der Waals surface area contributed by atoms with Crippen molar-refractivity contribution in [1.82, 2.24) is 0 Å². The van der Waals surface area contributed by atoms with Gasteiger partial charge in [-0.2, -0.15) is 0 Å². The Kier molecular flexibility index (Phi) is 7.05. The molecule has 0 saturated carbocycles. The number of hydrogen-bond acceptors (Lipinski definition) is 4. The van der Waals surface area contributed by atoms with Gasteiger partial charge in [0.2, 0.25) is 5.91 Å². The molecule has 20 heavy (non-hydrogen) atoms. The van der Waals surface area contributed by atoms with Crippen molar-refractivity contribution in [3.8, 4) is 0 Å². The first-order valence-electron chi connectivity index (χ1n) is 5.84. The lowest BCUT2D eigenvalue weighted by Crippen LogP contribution is -2.27. The molecule has 1 N–H and O–H groups in total. The maximum Gasteiger partial charge on any atom is 0.318 e. The Bertz CT molecular complexity index is 510. The Morgan fingerprint density at radius 1 is 1.25 bits per heavy atom. The van der Waals surface area contributed by atoms with Gasteiger partial charge in [-0.3, -0.25) is 9.59 Å². The van der Waals surface area contributed by atoms with E-state index in [1.165, 1.54) is 18.9 Å². The number of carbonyl (C=O) groups is 2. The van der Waals surface area contributed by atoms with Crippen LogP contribution in [0.15, 0.2) is 27.1 Å². The zero-order chi connectivity index (χ0) is 15.3. The molecule has 0 aliphatic rings. The number of esters is 1. The summed E-state index contributed by atoms with van der Waals surface area (Å²) in [5.41, 5.74) is 0.691. The van der Waals surface area contributed by atoms with Gasteiger partial charge in [-0.25, -0.2) is 0 Å². The number of hydrogen-bond donors (Lipinski definition) is 1. The smallest absolute Gasteiger partial charge is 0.318 e. The molecule has 2 atom stereocenters. The van der Waals surface area contributed by atoms with E-state index in [4.69, 9.17) is 0 Å². The lowest BCUT2D eigenvalue weighted by molar-refractivity contribution is -0.139. The van der Waals surface area contributed by atoms with E-state index in [0.29, 0.717) is 5.69 Å². The second kappa shape index (κ2) is 8.05. The van der Waals surface area contributed by atoms with Crippen LogP contribution in [0.3, 0.4) is 0 Å². The van der Waals surface area contributed by atoms with Gasteiger partial charge >= 0.3 is 5.97 Å². The monoisotopic (exact) mass is 423 g/mol. The third-order valence-corrected chi connectivity index (χ3v) is 4.87. The third kappa shape index (κ3) is 5.10. The largest absolute Gasteiger partial charge is 0.468 e. The average molecular weight is 425 g/mol. The van der Waals surface area contributed by atoms with Crippen LogP contribution in [0.4, 0.5) is 5.69 Å². The van der Waals surface area contributed by atoms with Crippen LogP contribution in [-0.4, -0.2) is 29.5 Å². The fourth-order valence-corrected chi connectivity index (χ4v) is 3.56. The maximum atomic E-state index is 12.1. The molecule has 4 nitrogen and oxygen atoms in total. The van der Waals surface area contributed by atoms with Crippen molar-refractivity contribution in [2.75, 3.05) is 12.4 Å². The molecular weight excluding hydrogens is 410 g/mol. The number of anilines is 1. The van der Waals surface area contributed by atoms with Crippen LogP contribution in [0, 0.1) is 0 Å². The lowest BCUT2D eigenvalue weighted by atomic mass is 10.3. The van der Waals surface area contributed by atoms with Gasteiger partial charge in [-0.1, -0.05) is 15.9 Å². The number of ether oxygens (including phenoxy) is 1. The predicted molar refractivity (Wildman–Crippen MR) is 89.0 cm³/mol. The number of halogens is 2. The van der Waals surface area contributed by atoms with Gasteiger partial charge in [-0.05, 0) is 48.0 Å². The molecular formula is C13H15Br2NO3S. The van der Waals surface area contributed by atoms with E-state index in [-0.39, 0.29) is 22.4 Å². The number of benzene rings is 1. The lowest BCUT2D eigenvalue weighted by Gasteiger charge is -2.16. The molecule has 1 aromatic rings. The van der Waals surface area contributed by atoms with Crippen molar-refractivity contribution >= 4 is 61.2 Å². The van der Waals surface area contributed by atoms with Crippen LogP contribution in [0.1, 0.15) is 13.8 Å². The minimum absolute atomic E-state index is 0.159. The highest BCUT2D eigenvalue weighted by atomic mass is 79.9. The number of thioether (sulfide) groups is 1. The van der Waals surface area contributed by atoms with Crippen molar-refractivity contribution in [3.05, 3.63) is 27.1 Å². The van der Waals surface area contributed by atoms with Gasteiger partial charge in [0, 0.05) is 8.95 Å². The van der Waals surface area contributed by atoms with Crippen molar-refractivity contribution in [1.29, 1.82) is 0 Å². The third-order valence-electron chi connectivity index (χ3n) is 2.50. The van der Waals surface area contributed by atoms with Crippen LogP contribution in [0.2, 0.25) is 0 Å². The molecule has 1 amide bonds. The summed E-state index contributed by atoms with van der Waals surface area (Å²) < 4.78 is 6.35. The highest BCUT2D eigenvalue weighted by molar-refractivity contribution is 9.11. The number of methoxy groups -OCH3 is 1. The topological polar surface area (TPSA) is 55.4 Å². The van der Waals surface area contributed by atoms with Gasteiger partial charge in [0.25, 0.3) is 0 Å². The molecule has 0 aromatic heterocycles. The Labute approximate surface area is 139 Å². The second-order valence-electron chi connectivity index (χ2n) is 4.06. The van der Waals surface area contributed by atoms with Crippen LogP contribution >= 0.6 is 43.6 Å². The Morgan fingerprint density at radius 3 is 2.45 bits per heavy atom. The summed E-state index contributed by atoms with van der Waals surface area (Å²) in [5, 5.41) is 2.08. The molecule has 0 aliphatic carbocycles. The second-order valence-corrected chi connectivity index (χ2v) is 7.51. The van der Waals surface area contributed by atoms with Crippen LogP contribution in [-0.2, 0) is 14.3 Å². The summed E-state index contributed by atoms with van der Waals surface area (Å²) in [6.07, 6.45) is 0. The van der Waals surface area contributed by atoms with E-state index in [2.05, 4.69) is 41.9 Å². The summed E-state index contributed by atoms with van der Waals surface area (Å²) in [4.78, 5) is 23.4. The fraction of sp³-hybridized carbons (Fsp3) is 0.385. The highest BCUT2D eigenvalue weighted by Gasteiger charge is 2.22. The molecule has 0 heterocycles. The van der Waals surface area contributed by atoms with Crippen molar-refractivity contribution in [2.24, 2.45) is 0 Å². The fourth-order valence-electron chi connectivity index (χ4n) is 1.41. The Hall–Kier alpha value is -0.530.